The lowest BCUT2D eigenvalue weighted by Gasteiger charge is -2.02. The Balaban J connectivity index is 2.12. The van der Waals surface area contributed by atoms with E-state index in [-0.39, 0.29) is 0 Å². The molecular weight excluding hydrogens is 196 g/mol. The first-order valence-corrected chi connectivity index (χ1v) is 5.91. The maximum absolute atomic E-state index is 4.32. The topological polar surface area (TPSA) is 49.8 Å². The van der Waals surface area contributed by atoms with Gasteiger partial charge in [0, 0.05) is 31.0 Å². The average molecular weight is 214 g/mol. The molecule has 0 aliphatic carbocycles. The maximum Gasteiger partial charge on any atom is 0.202 e. The molecule has 14 heavy (non-hydrogen) atoms. The quantitative estimate of drug-likeness (QED) is 0.676. The molecule has 0 spiro atoms. The Bertz CT molecular complexity index is 249. The lowest BCUT2D eigenvalue weighted by atomic mass is 10.5. The van der Waals surface area contributed by atoms with Crippen LogP contribution in [0.4, 0.5) is 5.13 Å². The van der Waals surface area contributed by atoms with Crippen LogP contribution in [0.15, 0.2) is 0 Å². The third-order valence-corrected chi connectivity index (χ3v) is 2.50. The summed E-state index contributed by atoms with van der Waals surface area (Å²) in [5.74, 6) is 0.930. The van der Waals surface area contributed by atoms with Gasteiger partial charge in [-0.3, -0.25) is 0 Å². The van der Waals surface area contributed by atoms with Gasteiger partial charge in [-0.05, 0) is 13.0 Å². The number of aryl methyl sites for hydroxylation is 1. The molecule has 1 rings (SSSR count). The minimum Gasteiger partial charge on any atom is -0.359 e. The summed E-state index contributed by atoms with van der Waals surface area (Å²) in [5.41, 5.74) is 0. The molecule has 0 amide bonds. The van der Waals surface area contributed by atoms with Crippen molar-refractivity contribution in [2.45, 2.75) is 26.7 Å². The van der Waals surface area contributed by atoms with Gasteiger partial charge in [-0.15, -0.1) is 0 Å². The summed E-state index contributed by atoms with van der Waals surface area (Å²) >= 11 is 1.44. The molecule has 0 unspecified atom stereocenters. The van der Waals surface area contributed by atoms with E-state index in [4.69, 9.17) is 0 Å². The van der Waals surface area contributed by atoms with Crippen LogP contribution in [0, 0.1) is 0 Å². The van der Waals surface area contributed by atoms with Crippen LogP contribution in [0.5, 0.6) is 0 Å². The van der Waals surface area contributed by atoms with Crippen LogP contribution in [0.1, 0.15) is 26.1 Å². The van der Waals surface area contributed by atoms with E-state index in [0.29, 0.717) is 0 Å². The van der Waals surface area contributed by atoms with Crippen molar-refractivity contribution in [2.24, 2.45) is 0 Å². The van der Waals surface area contributed by atoms with Gasteiger partial charge < -0.3 is 10.6 Å². The molecular formula is C9H18N4S. The Kier molecular flexibility index (Phi) is 5.47. The average Bonchev–Trinajstić information content (AvgIpc) is 2.65. The second-order valence-corrected chi connectivity index (χ2v) is 3.80. The third-order valence-electron chi connectivity index (χ3n) is 1.79. The monoisotopic (exact) mass is 214 g/mol. The van der Waals surface area contributed by atoms with E-state index in [9.17, 15) is 0 Å². The van der Waals surface area contributed by atoms with Gasteiger partial charge in [0.25, 0.3) is 0 Å². The van der Waals surface area contributed by atoms with E-state index in [1.54, 1.807) is 0 Å². The first-order valence-electron chi connectivity index (χ1n) is 5.14. The summed E-state index contributed by atoms with van der Waals surface area (Å²) in [6.45, 7) is 7.21. The van der Waals surface area contributed by atoms with E-state index < -0.39 is 0 Å². The van der Waals surface area contributed by atoms with Gasteiger partial charge >= 0.3 is 0 Å². The van der Waals surface area contributed by atoms with Gasteiger partial charge in [-0.2, -0.15) is 4.37 Å². The number of nitrogens with zero attached hydrogens (tertiary/aromatic N) is 2. The van der Waals surface area contributed by atoms with E-state index >= 15 is 0 Å². The molecule has 0 fully saturated rings. The third kappa shape index (κ3) is 4.02. The van der Waals surface area contributed by atoms with Crippen molar-refractivity contribution >= 4 is 16.7 Å². The van der Waals surface area contributed by atoms with Crippen molar-refractivity contribution in [1.82, 2.24) is 14.7 Å². The van der Waals surface area contributed by atoms with Crippen LogP contribution >= 0.6 is 11.5 Å². The first kappa shape index (κ1) is 11.4. The highest BCUT2D eigenvalue weighted by atomic mass is 32.1. The summed E-state index contributed by atoms with van der Waals surface area (Å²) in [4.78, 5) is 4.32. The first-order chi connectivity index (χ1) is 6.86. The van der Waals surface area contributed by atoms with Gasteiger partial charge in [0.05, 0.1) is 0 Å². The van der Waals surface area contributed by atoms with Crippen LogP contribution in [0.2, 0.25) is 0 Å². The maximum atomic E-state index is 4.32. The van der Waals surface area contributed by atoms with Crippen LogP contribution in [-0.4, -0.2) is 29.0 Å². The lowest BCUT2D eigenvalue weighted by molar-refractivity contribution is 0.687. The van der Waals surface area contributed by atoms with Crippen molar-refractivity contribution in [3.63, 3.8) is 0 Å². The van der Waals surface area contributed by atoms with Crippen molar-refractivity contribution in [1.29, 1.82) is 0 Å². The second kappa shape index (κ2) is 6.73. The fourth-order valence-electron chi connectivity index (χ4n) is 1.03. The predicted molar refractivity (Wildman–Crippen MR) is 60.9 cm³/mol. The van der Waals surface area contributed by atoms with Crippen molar-refractivity contribution in [3.8, 4) is 0 Å². The molecule has 5 heteroatoms. The van der Waals surface area contributed by atoms with Crippen molar-refractivity contribution < 1.29 is 0 Å². The Morgan fingerprint density at radius 1 is 1.21 bits per heavy atom. The molecule has 1 heterocycles. The van der Waals surface area contributed by atoms with Gasteiger partial charge in [-0.25, -0.2) is 4.98 Å². The summed E-state index contributed by atoms with van der Waals surface area (Å²) < 4.78 is 4.20. The number of aromatic nitrogens is 2. The number of hydrogen-bond donors (Lipinski definition) is 2. The zero-order valence-corrected chi connectivity index (χ0v) is 9.65. The van der Waals surface area contributed by atoms with Gasteiger partial charge in [0.2, 0.25) is 5.13 Å². The molecule has 0 aliphatic rings. The highest BCUT2D eigenvalue weighted by Crippen LogP contribution is 2.10. The molecule has 0 bridgehead atoms. The van der Waals surface area contributed by atoms with Crippen LogP contribution in [0.25, 0.3) is 0 Å². The molecule has 80 valence electrons. The lowest BCUT2D eigenvalue weighted by Crippen LogP contribution is -2.22. The molecule has 4 nitrogen and oxygen atoms in total. The summed E-state index contributed by atoms with van der Waals surface area (Å²) in [6, 6.07) is 0. The van der Waals surface area contributed by atoms with Crippen LogP contribution in [-0.2, 0) is 6.42 Å². The minimum absolute atomic E-state index is 0.909. The molecule has 1 aromatic heterocycles. The molecule has 0 radical (unpaired) electrons. The van der Waals surface area contributed by atoms with Gasteiger partial charge in [0.1, 0.15) is 5.82 Å². The van der Waals surface area contributed by atoms with E-state index in [0.717, 1.165) is 37.0 Å². The van der Waals surface area contributed by atoms with Crippen LogP contribution in [0.3, 0.4) is 0 Å². The summed E-state index contributed by atoms with van der Waals surface area (Å²) in [7, 11) is 0. The fraction of sp³-hybridized carbons (Fsp3) is 0.778. The summed E-state index contributed by atoms with van der Waals surface area (Å²) in [5, 5.41) is 7.49. The zero-order chi connectivity index (χ0) is 10.2. The SMILES string of the molecule is CCCNCCNc1nc(CC)ns1. The number of anilines is 1. The van der Waals surface area contributed by atoms with Gasteiger partial charge in [0.15, 0.2) is 0 Å². The van der Waals surface area contributed by atoms with E-state index in [1.807, 2.05) is 0 Å². The molecule has 0 saturated heterocycles. The molecule has 0 aliphatic heterocycles. The van der Waals surface area contributed by atoms with E-state index in [2.05, 4.69) is 33.8 Å². The summed E-state index contributed by atoms with van der Waals surface area (Å²) in [6.07, 6.45) is 2.09. The van der Waals surface area contributed by atoms with Crippen molar-refractivity contribution in [2.75, 3.05) is 25.0 Å². The molecule has 2 N–H and O–H groups in total. The highest BCUT2D eigenvalue weighted by Gasteiger charge is 1.99. The highest BCUT2D eigenvalue weighted by molar-refractivity contribution is 7.09. The molecule has 1 aromatic rings. The Labute approximate surface area is 89.3 Å². The standard InChI is InChI=1S/C9H18N4S/c1-3-5-10-6-7-11-9-12-8(4-2)13-14-9/h10H,3-7H2,1-2H3,(H,11,12,13). The van der Waals surface area contributed by atoms with Crippen LogP contribution < -0.4 is 10.6 Å². The van der Waals surface area contributed by atoms with Crippen molar-refractivity contribution in [3.05, 3.63) is 5.82 Å². The fourth-order valence-corrected chi connectivity index (χ4v) is 1.70. The molecule has 0 atom stereocenters. The zero-order valence-electron chi connectivity index (χ0n) is 8.84. The molecule has 0 aromatic carbocycles. The Morgan fingerprint density at radius 3 is 2.71 bits per heavy atom. The second-order valence-electron chi connectivity index (χ2n) is 3.05. The Hall–Kier alpha value is -0.680. The molecule has 0 saturated carbocycles. The number of hydrogen-bond acceptors (Lipinski definition) is 5. The number of rotatable bonds is 7. The number of nitrogens with one attached hydrogen (secondary N) is 2. The smallest absolute Gasteiger partial charge is 0.202 e. The van der Waals surface area contributed by atoms with Gasteiger partial charge in [-0.1, -0.05) is 13.8 Å². The minimum atomic E-state index is 0.909. The normalized spacial score (nSPS) is 10.4. The van der Waals surface area contributed by atoms with E-state index in [1.165, 1.54) is 18.0 Å². The Morgan fingerprint density at radius 2 is 2.07 bits per heavy atom. The predicted octanol–water partition coefficient (Wildman–Crippen LogP) is 1.51. The largest absolute Gasteiger partial charge is 0.359 e.